The van der Waals surface area contributed by atoms with E-state index in [0.29, 0.717) is 6.04 Å². The van der Waals surface area contributed by atoms with Gasteiger partial charge in [0.15, 0.2) is 0 Å². The molecule has 1 fully saturated rings. The molecule has 1 N–H and O–H groups in total. The number of nitrogens with zero attached hydrogens (tertiary/aromatic N) is 2. The molecule has 0 aliphatic carbocycles. The van der Waals surface area contributed by atoms with E-state index in [-0.39, 0.29) is 0 Å². The largest absolute Gasteiger partial charge is 0.476 e. The van der Waals surface area contributed by atoms with E-state index in [1.165, 1.54) is 25.8 Å². The van der Waals surface area contributed by atoms with Crippen molar-refractivity contribution in [3.05, 3.63) is 22.3 Å². The maximum atomic E-state index is 5.94. The van der Waals surface area contributed by atoms with E-state index in [9.17, 15) is 0 Å². The highest BCUT2D eigenvalue weighted by atomic mass is 79.9. The van der Waals surface area contributed by atoms with Gasteiger partial charge in [-0.1, -0.05) is 6.42 Å². The van der Waals surface area contributed by atoms with Crippen molar-refractivity contribution < 1.29 is 4.74 Å². The first-order chi connectivity index (χ1) is 9.20. The molecule has 4 nitrogen and oxygen atoms in total. The summed E-state index contributed by atoms with van der Waals surface area (Å²) in [5.74, 6) is 0.747. The zero-order valence-electron chi connectivity index (χ0n) is 11.7. The van der Waals surface area contributed by atoms with Crippen molar-refractivity contribution in [1.82, 2.24) is 15.2 Å². The van der Waals surface area contributed by atoms with Gasteiger partial charge >= 0.3 is 0 Å². The molecule has 2 heterocycles. The van der Waals surface area contributed by atoms with Crippen LogP contribution in [0.25, 0.3) is 0 Å². The molecule has 1 aromatic heterocycles. The number of piperidine rings is 1. The monoisotopic (exact) mass is 327 g/mol. The molecule has 5 heteroatoms. The number of hydrogen-bond donors (Lipinski definition) is 1. The summed E-state index contributed by atoms with van der Waals surface area (Å²) in [4.78, 5) is 6.77. The van der Waals surface area contributed by atoms with Gasteiger partial charge in [-0.3, -0.25) is 0 Å². The number of aromatic nitrogens is 1. The van der Waals surface area contributed by atoms with Crippen LogP contribution in [-0.4, -0.2) is 43.2 Å². The van der Waals surface area contributed by atoms with E-state index in [1.54, 1.807) is 6.20 Å². The average molecular weight is 328 g/mol. The highest BCUT2D eigenvalue weighted by Gasteiger charge is 2.20. The predicted molar refractivity (Wildman–Crippen MR) is 80.5 cm³/mol. The lowest BCUT2D eigenvalue weighted by Crippen LogP contribution is -2.40. The quantitative estimate of drug-likeness (QED) is 0.901. The number of pyridine rings is 1. The number of nitrogens with one attached hydrogen (secondary N) is 1. The van der Waals surface area contributed by atoms with Crippen molar-refractivity contribution in [1.29, 1.82) is 0 Å². The first kappa shape index (κ1) is 14.8. The molecule has 19 heavy (non-hydrogen) atoms. The van der Waals surface area contributed by atoms with E-state index >= 15 is 0 Å². The molecule has 1 aliphatic rings. The fourth-order valence-corrected chi connectivity index (χ4v) is 2.82. The lowest BCUT2D eigenvalue weighted by atomic mass is 10.0. The van der Waals surface area contributed by atoms with Gasteiger partial charge in [0.25, 0.3) is 0 Å². The molecule has 1 saturated heterocycles. The second-order valence-electron chi connectivity index (χ2n) is 5.09. The van der Waals surface area contributed by atoms with E-state index in [2.05, 4.69) is 44.2 Å². The molecule has 0 aromatic carbocycles. The Kier molecular flexibility index (Phi) is 5.60. The van der Waals surface area contributed by atoms with Gasteiger partial charge in [-0.15, -0.1) is 0 Å². The zero-order chi connectivity index (χ0) is 13.7. The van der Waals surface area contributed by atoms with Crippen LogP contribution >= 0.6 is 15.9 Å². The van der Waals surface area contributed by atoms with Gasteiger partial charge in [0, 0.05) is 28.8 Å². The number of rotatable bonds is 5. The van der Waals surface area contributed by atoms with Gasteiger partial charge in [0.05, 0.1) is 0 Å². The Morgan fingerprint density at radius 1 is 1.53 bits per heavy atom. The maximum Gasteiger partial charge on any atom is 0.217 e. The molecular weight excluding hydrogens is 306 g/mol. The van der Waals surface area contributed by atoms with Crippen LogP contribution in [0, 0.1) is 0 Å². The summed E-state index contributed by atoms with van der Waals surface area (Å²) >= 11 is 3.45. The molecule has 0 spiro atoms. The second-order valence-corrected chi connectivity index (χ2v) is 6.01. The number of hydrogen-bond acceptors (Lipinski definition) is 4. The number of halogens is 1. The van der Waals surface area contributed by atoms with E-state index in [0.717, 1.165) is 29.1 Å². The third-order valence-electron chi connectivity index (χ3n) is 3.59. The van der Waals surface area contributed by atoms with Gasteiger partial charge in [0.2, 0.25) is 5.88 Å². The number of likely N-dealkylation sites (N-methyl/N-ethyl adjacent to an activating group) is 1. The third-order valence-corrected chi connectivity index (χ3v) is 4.03. The molecule has 106 valence electrons. The van der Waals surface area contributed by atoms with Crippen LogP contribution in [0.15, 0.2) is 16.7 Å². The summed E-state index contributed by atoms with van der Waals surface area (Å²) in [7, 11) is 4.11. The van der Waals surface area contributed by atoms with Gasteiger partial charge < -0.3 is 15.0 Å². The normalized spacial score (nSPS) is 20.5. The smallest absolute Gasteiger partial charge is 0.217 e. The summed E-state index contributed by atoms with van der Waals surface area (Å²) in [6.45, 7) is 2.66. The second kappa shape index (κ2) is 7.22. The zero-order valence-corrected chi connectivity index (χ0v) is 13.2. The SMILES string of the molecule is CNCc1cc(Br)cnc1OCC1CCCCN1C. The first-order valence-electron chi connectivity index (χ1n) is 6.82. The van der Waals surface area contributed by atoms with Crippen LogP contribution in [0.2, 0.25) is 0 Å². The molecule has 2 rings (SSSR count). The highest BCUT2D eigenvalue weighted by Crippen LogP contribution is 2.22. The molecule has 1 aliphatic heterocycles. The van der Waals surface area contributed by atoms with Gasteiger partial charge in [-0.2, -0.15) is 0 Å². The third kappa shape index (κ3) is 4.16. The molecule has 0 radical (unpaired) electrons. The Morgan fingerprint density at radius 2 is 2.37 bits per heavy atom. The maximum absolute atomic E-state index is 5.94. The summed E-state index contributed by atoms with van der Waals surface area (Å²) in [6.07, 6.45) is 5.61. The molecule has 0 amide bonds. The van der Waals surface area contributed by atoms with E-state index < -0.39 is 0 Å². The molecular formula is C14H22BrN3O. The van der Waals surface area contributed by atoms with Crippen molar-refractivity contribution in [2.45, 2.75) is 31.8 Å². The van der Waals surface area contributed by atoms with E-state index in [1.807, 2.05) is 7.05 Å². The van der Waals surface area contributed by atoms with Crippen LogP contribution in [-0.2, 0) is 6.54 Å². The Bertz CT molecular complexity index is 414. The summed E-state index contributed by atoms with van der Waals surface area (Å²) in [5.41, 5.74) is 1.09. The van der Waals surface area contributed by atoms with Crippen molar-refractivity contribution in [2.24, 2.45) is 0 Å². The summed E-state index contributed by atoms with van der Waals surface area (Å²) in [6, 6.07) is 2.57. The highest BCUT2D eigenvalue weighted by molar-refractivity contribution is 9.10. The Labute approximate surface area is 123 Å². The van der Waals surface area contributed by atoms with Crippen LogP contribution in [0.1, 0.15) is 24.8 Å². The fourth-order valence-electron chi connectivity index (χ4n) is 2.45. The van der Waals surface area contributed by atoms with Crippen molar-refractivity contribution in [3.8, 4) is 5.88 Å². The predicted octanol–water partition coefficient (Wildman–Crippen LogP) is 2.43. The Hall–Kier alpha value is -0.650. The standard InChI is InChI=1S/C14H22BrN3O/c1-16-8-11-7-12(15)9-17-14(11)19-10-13-5-3-4-6-18(13)2/h7,9,13,16H,3-6,8,10H2,1-2H3. The lowest BCUT2D eigenvalue weighted by molar-refractivity contribution is 0.122. The van der Waals surface area contributed by atoms with E-state index in [4.69, 9.17) is 4.74 Å². The number of likely N-dealkylation sites (tertiary alicyclic amines) is 1. The summed E-state index contributed by atoms with van der Waals surface area (Å²) < 4.78 is 6.93. The molecule has 1 atom stereocenters. The fraction of sp³-hybridized carbons (Fsp3) is 0.643. The van der Waals surface area contributed by atoms with Gasteiger partial charge in [0.1, 0.15) is 6.61 Å². The molecule has 1 aromatic rings. The summed E-state index contributed by atoms with van der Waals surface area (Å²) in [5, 5.41) is 3.15. The number of ether oxygens (including phenoxy) is 1. The minimum atomic E-state index is 0.515. The van der Waals surface area contributed by atoms with Crippen LogP contribution in [0.4, 0.5) is 0 Å². The molecule has 1 unspecified atom stereocenters. The molecule has 0 bridgehead atoms. The average Bonchev–Trinajstić information content (AvgIpc) is 2.40. The van der Waals surface area contributed by atoms with Gasteiger partial charge in [-0.25, -0.2) is 4.98 Å². The molecule has 0 saturated carbocycles. The Balaban J connectivity index is 1.98. The lowest BCUT2D eigenvalue weighted by Gasteiger charge is -2.32. The van der Waals surface area contributed by atoms with Crippen molar-refractivity contribution in [2.75, 3.05) is 27.2 Å². The van der Waals surface area contributed by atoms with Gasteiger partial charge in [-0.05, 0) is 55.5 Å². The Morgan fingerprint density at radius 3 is 3.11 bits per heavy atom. The first-order valence-corrected chi connectivity index (χ1v) is 7.62. The minimum absolute atomic E-state index is 0.515. The van der Waals surface area contributed by atoms with Crippen LogP contribution in [0.3, 0.4) is 0 Å². The minimum Gasteiger partial charge on any atom is -0.476 e. The van der Waals surface area contributed by atoms with Crippen LogP contribution < -0.4 is 10.1 Å². The van der Waals surface area contributed by atoms with Crippen LogP contribution in [0.5, 0.6) is 5.88 Å². The van der Waals surface area contributed by atoms with Crippen molar-refractivity contribution >= 4 is 15.9 Å². The topological polar surface area (TPSA) is 37.4 Å². The van der Waals surface area contributed by atoms with Crippen molar-refractivity contribution in [3.63, 3.8) is 0 Å².